The number of carbonyl (C=O) groups excluding carboxylic acids is 1. The summed E-state index contributed by atoms with van der Waals surface area (Å²) in [4.78, 5) is 22.2. The third-order valence-corrected chi connectivity index (χ3v) is 4.31. The lowest BCUT2D eigenvalue weighted by atomic mass is 9.82. The topological polar surface area (TPSA) is 72.2 Å². The first-order valence-electron chi connectivity index (χ1n) is 7.19. The van der Waals surface area contributed by atoms with Crippen LogP contribution in [-0.4, -0.2) is 17.4 Å². The molecule has 1 aromatic rings. The Kier molecular flexibility index (Phi) is 5.17. The molecule has 1 saturated carbocycles. The van der Waals surface area contributed by atoms with E-state index in [0.29, 0.717) is 18.0 Å². The summed E-state index contributed by atoms with van der Waals surface area (Å²) in [7, 11) is 0. The van der Waals surface area contributed by atoms with E-state index in [0.717, 1.165) is 18.8 Å². The van der Waals surface area contributed by atoms with E-state index in [4.69, 9.17) is 11.6 Å². The minimum absolute atomic E-state index is 0.0149. The van der Waals surface area contributed by atoms with E-state index in [1.54, 1.807) is 0 Å². The fourth-order valence-electron chi connectivity index (χ4n) is 2.88. The van der Waals surface area contributed by atoms with Gasteiger partial charge >= 0.3 is 0 Å². The summed E-state index contributed by atoms with van der Waals surface area (Å²) in [6.45, 7) is 2.89. The molecule has 1 N–H and O–H groups in total. The van der Waals surface area contributed by atoms with Crippen LogP contribution in [0, 0.1) is 22.0 Å². The predicted molar refractivity (Wildman–Crippen MR) is 81.6 cm³/mol. The van der Waals surface area contributed by atoms with Crippen molar-refractivity contribution in [3.8, 4) is 0 Å². The second kappa shape index (κ2) is 6.89. The number of amides is 1. The predicted octanol–water partition coefficient (Wildman–Crippen LogP) is 3.80. The fraction of sp³-hybridized carbons (Fsp3) is 0.533. The number of nitrogens with one attached hydrogen (secondary N) is 1. The zero-order valence-electron chi connectivity index (χ0n) is 12.0. The highest BCUT2D eigenvalue weighted by molar-refractivity contribution is 6.33. The monoisotopic (exact) mass is 310 g/mol. The minimum Gasteiger partial charge on any atom is -0.352 e. The first-order valence-corrected chi connectivity index (χ1v) is 7.57. The van der Waals surface area contributed by atoms with Gasteiger partial charge < -0.3 is 5.32 Å². The molecule has 1 amide bonds. The van der Waals surface area contributed by atoms with Gasteiger partial charge in [0.05, 0.1) is 4.92 Å². The van der Waals surface area contributed by atoms with Crippen LogP contribution in [0.1, 0.15) is 43.0 Å². The van der Waals surface area contributed by atoms with Gasteiger partial charge in [-0.2, -0.15) is 0 Å². The Morgan fingerprint density at radius 1 is 1.48 bits per heavy atom. The summed E-state index contributed by atoms with van der Waals surface area (Å²) in [5.74, 6) is 1.01. The molecular formula is C15H19ClN2O3. The molecule has 1 aliphatic rings. The standard InChI is InChI=1S/C15H19ClN2O3/c1-10-3-2-4-11(7-10)9-17-15(19)12-5-6-14(18(20)21)13(16)8-12/h5-6,8,10-11H,2-4,7,9H2,1H3,(H,17,19). The highest BCUT2D eigenvalue weighted by Crippen LogP contribution is 2.28. The highest BCUT2D eigenvalue weighted by atomic mass is 35.5. The summed E-state index contributed by atoms with van der Waals surface area (Å²) in [5, 5.41) is 13.6. The van der Waals surface area contributed by atoms with Gasteiger partial charge in [0.2, 0.25) is 0 Å². The maximum Gasteiger partial charge on any atom is 0.287 e. The molecule has 2 rings (SSSR count). The zero-order valence-corrected chi connectivity index (χ0v) is 12.7. The summed E-state index contributed by atoms with van der Waals surface area (Å²) in [6, 6.07) is 4.04. The molecule has 0 aliphatic heterocycles. The van der Waals surface area contributed by atoms with Crippen LogP contribution >= 0.6 is 11.6 Å². The molecule has 0 saturated heterocycles. The van der Waals surface area contributed by atoms with E-state index >= 15 is 0 Å². The SMILES string of the molecule is CC1CCCC(CNC(=O)c2ccc([N+](=O)[O-])c(Cl)c2)C1. The van der Waals surface area contributed by atoms with Crippen molar-refractivity contribution in [3.63, 3.8) is 0 Å². The molecular weight excluding hydrogens is 292 g/mol. The smallest absolute Gasteiger partial charge is 0.287 e. The molecule has 1 fully saturated rings. The lowest BCUT2D eigenvalue weighted by Gasteiger charge is -2.26. The van der Waals surface area contributed by atoms with Crippen LogP contribution in [0.15, 0.2) is 18.2 Å². The Hall–Kier alpha value is -1.62. The normalized spacial score (nSPS) is 21.8. The van der Waals surface area contributed by atoms with Crippen molar-refractivity contribution in [1.29, 1.82) is 0 Å². The van der Waals surface area contributed by atoms with E-state index in [-0.39, 0.29) is 16.6 Å². The van der Waals surface area contributed by atoms with Crippen LogP contribution in [0.3, 0.4) is 0 Å². The van der Waals surface area contributed by atoms with Gasteiger partial charge in [-0.15, -0.1) is 0 Å². The molecule has 1 aliphatic carbocycles. The molecule has 6 heteroatoms. The first kappa shape index (κ1) is 15.8. The van der Waals surface area contributed by atoms with Crippen LogP contribution in [0.25, 0.3) is 0 Å². The van der Waals surface area contributed by atoms with Crippen molar-refractivity contribution in [1.82, 2.24) is 5.32 Å². The van der Waals surface area contributed by atoms with Crippen LogP contribution in [-0.2, 0) is 0 Å². The summed E-state index contributed by atoms with van der Waals surface area (Å²) in [6.07, 6.45) is 4.76. The van der Waals surface area contributed by atoms with Crippen LogP contribution in [0.5, 0.6) is 0 Å². The number of benzene rings is 1. The van der Waals surface area contributed by atoms with Crippen LogP contribution in [0.2, 0.25) is 5.02 Å². The van der Waals surface area contributed by atoms with E-state index in [1.807, 2.05) is 0 Å². The van der Waals surface area contributed by atoms with Crippen LogP contribution < -0.4 is 5.32 Å². The Balaban J connectivity index is 1.94. The Morgan fingerprint density at radius 3 is 2.86 bits per heavy atom. The summed E-state index contributed by atoms with van der Waals surface area (Å²) >= 11 is 5.81. The van der Waals surface area contributed by atoms with Gasteiger partial charge in [0.15, 0.2) is 0 Å². The number of halogens is 1. The molecule has 0 bridgehead atoms. The second-order valence-corrected chi connectivity index (χ2v) is 6.18. The highest BCUT2D eigenvalue weighted by Gasteiger charge is 2.20. The summed E-state index contributed by atoms with van der Waals surface area (Å²) in [5.41, 5.74) is 0.170. The van der Waals surface area contributed by atoms with Crippen molar-refractivity contribution in [3.05, 3.63) is 38.9 Å². The number of rotatable bonds is 4. The molecule has 0 heterocycles. The van der Waals surface area contributed by atoms with Gasteiger partial charge in [-0.05, 0) is 36.8 Å². The molecule has 2 unspecified atom stereocenters. The van der Waals surface area contributed by atoms with Gasteiger partial charge in [-0.25, -0.2) is 0 Å². The first-order chi connectivity index (χ1) is 9.97. The zero-order chi connectivity index (χ0) is 15.4. The van der Waals surface area contributed by atoms with E-state index in [1.165, 1.54) is 31.0 Å². The molecule has 21 heavy (non-hydrogen) atoms. The third kappa shape index (κ3) is 4.17. The van der Waals surface area contributed by atoms with E-state index in [9.17, 15) is 14.9 Å². The molecule has 0 spiro atoms. The Labute approximate surface area is 128 Å². The molecule has 1 aromatic carbocycles. The van der Waals surface area contributed by atoms with Gasteiger partial charge in [0.25, 0.3) is 11.6 Å². The lowest BCUT2D eigenvalue weighted by Crippen LogP contribution is -2.31. The number of hydrogen-bond donors (Lipinski definition) is 1. The molecule has 114 valence electrons. The van der Waals surface area contributed by atoms with Crippen LogP contribution in [0.4, 0.5) is 5.69 Å². The molecule has 0 radical (unpaired) electrons. The minimum atomic E-state index is -0.562. The lowest BCUT2D eigenvalue weighted by molar-refractivity contribution is -0.384. The maximum absolute atomic E-state index is 12.1. The molecule has 2 atom stereocenters. The number of carbonyl (C=O) groups is 1. The third-order valence-electron chi connectivity index (χ3n) is 4.00. The van der Waals surface area contributed by atoms with Crippen molar-refractivity contribution in [2.24, 2.45) is 11.8 Å². The van der Waals surface area contributed by atoms with Crippen molar-refractivity contribution >= 4 is 23.2 Å². The van der Waals surface area contributed by atoms with Gasteiger partial charge in [-0.3, -0.25) is 14.9 Å². The Bertz CT molecular complexity index is 548. The van der Waals surface area contributed by atoms with Gasteiger partial charge in [0.1, 0.15) is 5.02 Å². The van der Waals surface area contributed by atoms with Gasteiger partial charge in [-0.1, -0.05) is 31.4 Å². The van der Waals surface area contributed by atoms with E-state index in [2.05, 4.69) is 12.2 Å². The number of nitro benzene ring substituents is 1. The molecule has 0 aromatic heterocycles. The quantitative estimate of drug-likeness (QED) is 0.679. The number of hydrogen-bond acceptors (Lipinski definition) is 3. The second-order valence-electron chi connectivity index (χ2n) is 5.77. The Morgan fingerprint density at radius 2 is 2.24 bits per heavy atom. The van der Waals surface area contributed by atoms with Crippen molar-refractivity contribution in [2.75, 3.05) is 6.54 Å². The number of nitrogens with zero attached hydrogens (tertiary/aromatic N) is 1. The largest absolute Gasteiger partial charge is 0.352 e. The fourth-order valence-corrected chi connectivity index (χ4v) is 3.13. The molecule has 5 nitrogen and oxygen atoms in total. The van der Waals surface area contributed by atoms with Crippen molar-refractivity contribution in [2.45, 2.75) is 32.6 Å². The van der Waals surface area contributed by atoms with Crippen molar-refractivity contribution < 1.29 is 9.72 Å². The average Bonchev–Trinajstić information content (AvgIpc) is 2.44. The number of nitro groups is 1. The van der Waals surface area contributed by atoms with E-state index < -0.39 is 4.92 Å². The maximum atomic E-state index is 12.1. The summed E-state index contributed by atoms with van der Waals surface area (Å²) < 4.78 is 0. The average molecular weight is 311 g/mol. The van der Waals surface area contributed by atoms with Gasteiger partial charge in [0, 0.05) is 18.2 Å².